The standard InChI is InChI=1S/C19H20N8/c1-3-11-7-5-6-8-12(11)14-15-17(26-19(21)25-14)27(4-2)16(24-15)13-9-10-22-18(20)23-13/h5-10H,3-4H2,1-2H3,(H2,20,22,23)(H2,21,25,26). The van der Waals surface area contributed by atoms with Crippen LogP contribution >= 0.6 is 0 Å². The van der Waals surface area contributed by atoms with Crippen LogP contribution in [0.1, 0.15) is 19.4 Å². The Kier molecular flexibility index (Phi) is 4.15. The lowest BCUT2D eigenvalue weighted by molar-refractivity contribution is 0.783. The van der Waals surface area contributed by atoms with Crippen molar-refractivity contribution in [3.63, 3.8) is 0 Å². The van der Waals surface area contributed by atoms with Gasteiger partial charge in [0, 0.05) is 18.3 Å². The summed E-state index contributed by atoms with van der Waals surface area (Å²) in [6.07, 6.45) is 2.50. The number of aromatic nitrogens is 6. The van der Waals surface area contributed by atoms with E-state index in [1.54, 1.807) is 12.3 Å². The zero-order chi connectivity index (χ0) is 19.0. The molecule has 4 aromatic rings. The van der Waals surface area contributed by atoms with Crippen molar-refractivity contribution in [3.8, 4) is 22.8 Å². The third kappa shape index (κ3) is 2.84. The van der Waals surface area contributed by atoms with Gasteiger partial charge in [-0.15, -0.1) is 0 Å². The van der Waals surface area contributed by atoms with Crippen LogP contribution in [-0.4, -0.2) is 29.5 Å². The van der Waals surface area contributed by atoms with E-state index < -0.39 is 0 Å². The molecule has 0 atom stereocenters. The molecule has 8 heteroatoms. The maximum atomic E-state index is 6.04. The molecule has 0 amide bonds. The summed E-state index contributed by atoms with van der Waals surface area (Å²) in [5.74, 6) is 1.08. The number of hydrogen-bond acceptors (Lipinski definition) is 7. The Morgan fingerprint density at radius 1 is 0.926 bits per heavy atom. The summed E-state index contributed by atoms with van der Waals surface area (Å²) >= 11 is 0. The summed E-state index contributed by atoms with van der Waals surface area (Å²) in [5.41, 5.74) is 16.7. The molecule has 0 spiro atoms. The highest BCUT2D eigenvalue weighted by atomic mass is 15.2. The normalized spacial score (nSPS) is 11.2. The number of benzene rings is 1. The van der Waals surface area contributed by atoms with Crippen molar-refractivity contribution in [2.75, 3.05) is 11.5 Å². The summed E-state index contributed by atoms with van der Waals surface area (Å²) in [6, 6.07) is 9.90. The lowest BCUT2D eigenvalue weighted by Crippen LogP contribution is -2.04. The van der Waals surface area contributed by atoms with E-state index in [9.17, 15) is 0 Å². The van der Waals surface area contributed by atoms with Gasteiger partial charge in [-0.1, -0.05) is 31.2 Å². The fraction of sp³-hybridized carbons (Fsp3) is 0.211. The first-order chi connectivity index (χ1) is 13.1. The molecule has 3 aromatic heterocycles. The Balaban J connectivity index is 2.05. The number of rotatable bonds is 4. The average molecular weight is 360 g/mol. The van der Waals surface area contributed by atoms with Crippen LogP contribution in [0.5, 0.6) is 0 Å². The first-order valence-corrected chi connectivity index (χ1v) is 8.83. The van der Waals surface area contributed by atoms with Gasteiger partial charge in [-0.3, -0.25) is 0 Å². The van der Waals surface area contributed by atoms with E-state index in [0.717, 1.165) is 17.7 Å². The molecule has 0 unspecified atom stereocenters. The highest BCUT2D eigenvalue weighted by molar-refractivity contribution is 5.91. The second-order valence-corrected chi connectivity index (χ2v) is 6.09. The molecule has 8 nitrogen and oxygen atoms in total. The van der Waals surface area contributed by atoms with E-state index in [2.05, 4.69) is 32.9 Å². The molecular formula is C19H20N8. The maximum absolute atomic E-state index is 6.04. The Morgan fingerprint density at radius 3 is 2.48 bits per heavy atom. The second-order valence-electron chi connectivity index (χ2n) is 6.09. The van der Waals surface area contributed by atoms with E-state index >= 15 is 0 Å². The molecule has 3 heterocycles. The summed E-state index contributed by atoms with van der Waals surface area (Å²) in [5, 5.41) is 0. The Labute approximate surface area is 156 Å². The van der Waals surface area contributed by atoms with Gasteiger partial charge in [0.15, 0.2) is 11.5 Å². The van der Waals surface area contributed by atoms with Gasteiger partial charge in [0.25, 0.3) is 0 Å². The first kappa shape index (κ1) is 16.9. The third-order valence-electron chi connectivity index (χ3n) is 4.48. The Hall–Kier alpha value is -3.55. The fourth-order valence-electron chi connectivity index (χ4n) is 3.26. The number of nitrogens with two attached hydrogens (primary N) is 2. The van der Waals surface area contributed by atoms with Crippen LogP contribution < -0.4 is 11.5 Å². The smallest absolute Gasteiger partial charge is 0.222 e. The van der Waals surface area contributed by atoms with Crippen molar-refractivity contribution >= 4 is 23.1 Å². The number of fused-ring (bicyclic) bond motifs is 1. The summed E-state index contributed by atoms with van der Waals surface area (Å²) < 4.78 is 1.97. The largest absolute Gasteiger partial charge is 0.368 e. The lowest BCUT2D eigenvalue weighted by atomic mass is 10.0. The van der Waals surface area contributed by atoms with Crippen LogP contribution in [0.25, 0.3) is 33.9 Å². The topological polar surface area (TPSA) is 121 Å². The zero-order valence-corrected chi connectivity index (χ0v) is 15.2. The van der Waals surface area contributed by atoms with Crippen LogP contribution in [0.15, 0.2) is 36.5 Å². The molecule has 0 saturated heterocycles. The molecule has 4 N–H and O–H groups in total. The number of hydrogen-bond donors (Lipinski definition) is 2. The zero-order valence-electron chi connectivity index (χ0n) is 15.2. The SMILES string of the molecule is CCc1ccccc1-c1nc(N)nc2c1nc(-c1ccnc(N)n1)n2CC. The third-order valence-corrected chi connectivity index (χ3v) is 4.48. The average Bonchev–Trinajstić information content (AvgIpc) is 3.05. The highest BCUT2D eigenvalue weighted by Crippen LogP contribution is 2.32. The van der Waals surface area contributed by atoms with E-state index in [1.165, 1.54) is 5.56 Å². The molecule has 27 heavy (non-hydrogen) atoms. The minimum Gasteiger partial charge on any atom is -0.368 e. The number of nitrogen functional groups attached to an aromatic ring is 2. The summed E-state index contributed by atoms with van der Waals surface area (Å²) in [4.78, 5) is 22.1. The molecule has 136 valence electrons. The lowest BCUT2D eigenvalue weighted by Gasteiger charge is -2.09. The molecule has 0 aliphatic rings. The van der Waals surface area contributed by atoms with Gasteiger partial charge in [0.2, 0.25) is 11.9 Å². The van der Waals surface area contributed by atoms with Crippen molar-refractivity contribution in [1.29, 1.82) is 0 Å². The van der Waals surface area contributed by atoms with Crippen LogP contribution in [-0.2, 0) is 13.0 Å². The van der Waals surface area contributed by atoms with Gasteiger partial charge in [-0.05, 0) is 25.0 Å². The number of nitrogens with zero attached hydrogens (tertiary/aromatic N) is 6. The molecule has 1 aromatic carbocycles. The molecule has 0 aliphatic heterocycles. The quantitative estimate of drug-likeness (QED) is 0.574. The van der Waals surface area contributed by atoms with Gasteiger partial charge >= 0.3 is 0 Å². The number of imidazole rings is 1. The minimum atomic E-state index is 0.198. The van der Waals surface area contributed by atoms with Crippen LogP contribution in [0.4, 0.5) is 11.9 Å². The van der Waals surface area contributed by atoms with E-state index in [4.69, 9.17) is 16.5 Å². The van der Waals surface area contributed by atoms with Crippen LogP contribution in [0.3, 0.4) is 0 Å². The van der Waals surface area contributed by atoms with Crippen molar-refractivity contribution in [1.82, 2.24) is 29.5 Å². The van der Waals surface area contributed by atoms with Crippen molar-refractivity contribution in [2.24, 2.45) is 0 Å². The predicted octanol–water partition coefficient (Wildman–Crippen LogP) is 2.70. The van der Waals surface area contributed by atoms with Gasteiger partial charge in [-0.2, -0.15) is 4.98 Å². The van der Waals surface area contributed by atoms with E-state index in [-0.39, 0.29) is 11.9 Å². The predicted molar refractivity (Wildman–Crippen MR) is 106 cm³/mol. The molecule has 4 rings (SSSR count). The van der Waals surface area contributed by atoms with Gasteiger partial charge in [-0.25, -0.2) is 19.9 Å². The van der Waals surface area contributed by atoms with E-state index in [1.807, 2.05) is 29.7 Å². The van der Waals surface area contributed by atoms with Gasteiger partial charge in [0.05, 0.1) is 0 Å². The van der Waals surface area contributed by atoms with Crippen LogP contribution in [0, 0.1) is 0 Å². The summed E-state index contributed by atoms with van der Waals surface area (Å²) in [7, 11) is 0. The van der Waals surface area contributed by atoms with Gasteiger partial charge < -0.3 is 16.0 Å². The number of aryl methyl sites for hydroxylation is 2. The Bertz CT molecular complexity index is 1130. The monoisotopic (exact) mass is 360 g/mol. The van der Waals surface area contributed by atoms with E-state index in [0.29, 0.717) is 29.2 Å². The molecule has 0 radical (unpaired) electrons. The number of anilines is 2. The highest BCUT2D eigenvalue weighted by Gasteiger charge is 2.20. The van der Waals surface area contributed by atoms with Crippen molar-refractivity contribution < 1.29 is 0 Å². The molecular weight excluding hydrogens is 340 g/mol. The van der Waals surface area contributed by atoms with Gasteiger partial charge in [0.1, 0.15) is 16.9 Å². The van der Waals surface area contributed by atoms with Crippen LogP contribution in [0.2, 0.25) is 0 Å². The molecule has 0 fully saturated rings. The first-order valence-electron chi connectivity index (χ1n) is 8.83. The molecule has 0 aliphatic carbocycles. The summed E-state index contributed by atoms with van der Waals surface area (Å²) in [6.45, 7) is 4.79. The maximum Gasteiger partial charge on any atom is 0.222 e. The molecule has 0 saturated carbocycles. The molecule has 0 bridgehead atoms. The minimum absolute atomic E-state index is 0.198. The fourth-order valence-corrected chi connectivity index (χ4v) is 3.26. The Morgan fingerprint density at radius 2 is 1.74 bits per heavy atom. The van der Waals surface area contributed by atoms with Crippen molar-refractivity contribution in [2.45, 2.75) is 26.8 Å². The second kappa shape index (κ2) is 6.64. The van der Waals surface area contributed by atoms with Crippen molar-refractivity contribution in [3.05, 3.63) is 42.1 Å².